The topological polar surface area (TPSA) is 91.7 Å². The summed E-state index contributed by atoms with van der Waals surface area (Å²) in [6.45, 7) is 0.449. The summed E-state index contributed by atoms with van der Waals surface area (Å²) >= 11 is 0. The van der Waals surface area contributed by atoms with Crippen LogP contribution in [0, 0.1) is 17.1 Å². The van der Waals surface area contributed by atoms with E-state index in [9.17, 15) is 4.39 Å². The first-order chi connectivity index (χ1) is 14.6. The summed E-state index contributed by atoms with van der Waals surface area (Å²) in [6, 6.07) is 15.9. The van der Waals surface area contributed by atoms with Gasteiger partial charge in [-0.3, -0.25) is 4.68 Å². The van der Waals surface area contributed by atoms with Crippen molar-refractivity contribution in [3.63, 3.8) is 0 Å². The molecule has 0 bridgehead atoms. The van der Waals surface area contributed by atoms with Crippen LogP contribution in [-0.4, -0.2) is 38.3 Å². The van der Waals surface area contributed by atoms with Crippen molar-refractivity contribution >= 4 is 5.82 Å². The summed E-state index contributed by atoms with van der Waals surface area (Å²) in [6.07, 6.45) is 3.61. The van der Waals surface area contributed by atoms with Crippen LogP contribution in [0.4, 0.5) is 10.2 Å². The van der Waals surface area contributed by atoms with Gasteiger partial charge >= 0.3 is 0 Å². The Balaban J connectivity index is 1.78. The molecule has 4 rings (SSSR count). The van der Waals surface area contributed by atoms with Crippen molar-refractivity contribution in [3.8, 4) is 34.1 Å². The molecule has 7 nitrogen and oxygen atoms in total. The monoisotopic (exact) mass is 402 g/mol. The Morgan fingerprint density at radius 1 is 1.13 bits per heavy atom. The standard InChI is InChI=1S/C22H19FN6O/c1-25-22-11-21(16-5-6-17(12-24)20(23)10-16)29(27-22)19-4-2-3-15(9-19)18-13-26-28(14-18)7-8-30/h2-6,9-11,13-14,30H,7-8H2,1H3,(H,25,27). The zero-order valence-electron chi connectivity index (χ0n) is 16.2. The summed E-state index contributed by atoms with van der Waals surface area (Å²) in [7, 11) is 1.77. The lowest BCUT2D eigenvalue weighted by molar-refractivity contribution is 0.269. The van der Waals surface area contributed by atoms with E-state index in [1.807, 2.05) is 42.6 Å². The van der Waals surface area contributed by atoms with Crippen molar-refractivity contribution in [1.29, 1.82) is 5.26 Å². The lowest BCUT2D eigenvalue weighted by Gasteiger charge is -2.09. The highest BCUT2D eigenvalue weighted by Crippen LogP contribution is 2.29. The third-order valence-corrected chi connectivity index (χ3v) is 4.74. The highest BCUT2D eigenvalue weighted by atomic mass is 19.1. The van der Waals surface area contributed by atoms with Crippen LogP contribution < -0.4 is 5.32 Å². The van der Waals surface area contributed by atoms with Crippen molar-refractivity contribution in [1.82, 2.24) is 19.6 Å². The van der Waals surface area contributed by atoms with Gasteiger partial charge in [-0.1, -0.05) is 18.2 Å². The van der Waals surface area contributed by atoms with E-state index in [2.05, 4.69) is 15.5 Å². The molecule has 30 heavy (non-hydrogen) atoms. The molecule has 0 saturated heterocycles. The maximum atomic E-state index is 14.2. The predicted octanol–water partition coefficient (Wildman–Crippen LogP) is 3.45. The molecule has 0 spiro atoms. The molecule has 8 heteroatoms. The van der Waals surface area contributed by atoms with E-state index in [4.69, 9.17) is 10.4 Å². The molecule has 0 aliphatic carbocycles. The second kappa shape index (κ2) is 8.19. The van der Waals surface area contributed by atoms with Crippen LogP contribution in [0.5, 0.6) is 0 Å². The van der Waals surface area contributed by atoms with Crippen LogP contribution in [-0.2, 0) is 6.54 Å². The Bertz CT molecular complexity index is 1240. The maximum absolute atomic E-state index is 14.2. The highest BCUT2D eigenvalue weighted by molar-refractivity contribution is 5.69. The Hall–Kier alpha value is -3.96. The Morgan fingerprint density at radius 2 is 2.00 bits per heavy atom. The normalized spacial score (nSPS) is 10.7. The molecule has 4 aromatic rings. The van der Waals surface area contributed by atoms with Gasteiger partial charge in [0.1, 0.15) is 17.7 Å². The molecule has 2 N–H and O–H groups in total. The number of benzene rings is 2. The van der Waals surface area contributed by atoms with Gasteiger partial charge in [-0.15, -0.1) is 5.10 Å². The average Bonchev–Trinajstić information content (AvgIpc) is 3.41. The number of hydrogen-bond donors (Lipinski definition) is 2. The van der Waals surface area contributed by atoms with E-state index in [-0.39, 0.29) is 12.2 Å². The number of anilines is 1. The van der Waals surface area contributed by atoms with Gasteiger partial charge in [0.15, 0.2) is 0 Å². The van der Waals surface area contributed by atoms with Crippen molar-refractivity contribution in [2.75, 3.05) is 19.0 Å². The first-order valence-electron chi connectivity index (χ1n) is 9.35. The van der Waals surface area contributed by atoms with E-state index in [0.717, 1.165) is 16.8 Å². The Labute approximate surface area is 172 Å². The first kappa shape index (κ1) is 19.4. The molecule has 2 aromatic heterocycles. The average molecular weight is 402 g/mol. The first-order valence-corrected chi connectivity index (χ1v) is 9.35. The van der Waals surface area contributed by atoms with Gasteiger partial charge in [0.05, 0.1) is 36.3 Å². The molecule has 0 radical (unpaired) electrons. The number of aromatic nitrogens is 4. The van der Waals surface area contributed by atoms with Crippen LogP contribution in [0.3, 0.4) is 0 Å². The summed E-state index contributed by atoms with van der Waals surface area (Å²) in [5.74, 6) is 0.0646. The molecule has 0 amide bonds. The number of halogens is 1. The molecule has 0 saturated carbocycles. The number of nitrogens with zero attached hydrogens (tertiary/aromatic N) is 5. The molecule has 0 aliphatic heterocycles. The lowest BCUT2D eigenvalue weighted by atomic mass is 10.1. The maximum Gasteiger partial charge on any atom is 0.148 e. The van der Waals surface area contributed by atoms with Gasteiger partial charge in [0.25, 0.3) is 0 Å². The fraction of sp³-hybridized carbons (Fsp3) is 0.136. The molecule has 2 heterocycles. The van der Waals surface area contributed by atoms with E-state index >= 15 is 0 Å². The minimum atomic E-state index is -0.571. The van der Waals surface area contributed by atoms with Gasteiger partial charge in [-0.2, -0.15) is 10.4 Å². The van der Waals surface area contributed by atoms with Crippen molar-refractivity contribution in [2.24, 2.45) is 0 Å². The van der Waals surface area contributed by atoms with E-state index in [0.29, 0.717) is 23.6 Å². The minimum absolute atomic E-state index is 0.000504. The van der Waals surface area contributed by atoms with E-state index < -0.39 is 5.82 Å². The smallest absolute Gasteiger partial charge is 0.148 e. The number of rotatable bonds is 6. The summed E-state index contributed by atoms with van der Waals surface area (Å²) < 4.78 is 17.6. The van der Waals surface area contributed by atoms with E-state index in [1.165, 1.54) is 12.1 Å². The molecule has 0 fully saturated rings. The van der Waals surface area contributed by atoms with Crippen LogP contribution in [0.1, 0.15) is 5.56 Å². The largest absolute Gasteiger partial charge is 0.394 e. The van der Waals surface area contributed by atoms with Gasteiger partial charge in [-0.05, 0) is 29.8 Å². The van der Waals surface area contributed by atoms with Gasteiger partial charge in [-0.25, -0.2) is 9.07 Å². The third-order valence-electron chi connectivity index (χ3n) is 4.74. The van der Waals surface area contributed by atoms with Crippen LogP contribution in [0.15, 0.2) is 60.9 Å². The lowest BCUT2D eigenvalue weighted by Crippen LogP contribution is -2.01. The predicted molar refractivity (Wildman–Crippen MR) is 112 cm³/mol. The summed E-state index contributed by atoms with van der Waals surface area (Å²) in [5, 5.41) is 29.9. The van der Waals surface area contributed by atoms with Crippen LogP contribution in [0.25, 0.3) is 28.1 Å². The number of nitrogens with one attached hydrogen (secondary N) is 1. The zero-order valence-corrected chi connectivity index (χ0v) is 16.2. The zero-order chi connectivity index (χ0) is 21.1. The molecular weight excluding hydrogens is 383 g/mol. The Kier molecular flexibility index (Phi) is 5.28. The highest BCUT2D eigenvalue weighted by Gasteiger charge is 2.14. The molecule has 150 valence electrons. The van der Waals surface area contributed by atoms with Crippen molar-refractivity contribution in [2.45, 2.75) is 6.54 Å². The molecular formula is C22H19FN6O. The van der Waals surface area contributed by atoms with E-state index in [1.54, 1.807) is 28.7 Å². The minimum Gasteiger partial charge on any atom is -0.394 e. The third kappa shape index (κ3) is 3.66. The fourth-order valence-corrected chi connectivity index (χ4v) is 3.23. The summed E-state index contributed by atoms with van der Waals surface area (Å²) in [4.78, 5) is 0. The number of hydrogen-bond acceptors (Lipinski definition) is 5. The van der Waals surface area contributed by atoms with Crippen LogP contribution in [0.2, 0.25) is 0 Å². The van der Waals surface area contributed by atoms with Crippen molar-refractivity contribution in [3.05, 3.63) is 72.3 Å². The number of nitriles is 1. The SMILES string of the molecule is CNc1cc(-c2ccc(C#N)c(F)c2)n(-c2cccc(-c3cnn(CCO)c3)c2)n1. The second-order valence-corrected chi connectivity index (χ2v) is 6.65. The number of aliphatic hydroxyl groups excluding tert-OH is 1. The molecule has 0 aliphatic rings. The van der Waals surface area contributed by atoms with Crippen molar-refractivity contribution < 1.29 is 9.50 Å². The Morgan fingerprint density at radius 3 is 2.73 bits per heavy atom. The van der Waals surface area contributed by atoms with Gasteiger partial charge < -0.3 is 10.4 Å². The molecule has 0 atom stereocenters. The number of aliphatic hydroxyl groups is 1. The fourth-order valence-electron chi connectivity index (χ4n) is 3.23. The molecule has 0 unspecified atom stereocenters. The van der Waals surface area contributed by atoms with Gasteiger partial charge in [0.2, 0.25) is 0 Å². The second-order valence-electron chi connectivity index (χ2n) is 6.65. The van der Waals surface area contributed by atoms with Crippen LogP contribution >= 0.6 is 0 Å². The van der Waals surface area contributed by atoms with Gasteiger partial charge in [0, 0.05) is 30.4 Å². The summed E-state index contributed by atoms with van der Waals surface area (Å²) in [5.41, 5.74) is 3.95. The molecule has 2 aromatic carbocycles. The quantitative estimate of drug-likeness (QED) is 0.515.